The van der Waals surface area contributed by atoms with E-state index in [1.165, 1.54) is 11.1 Å². The number of rotatable bonds is 5. The topological polar surface area (TPSA) is 23.5 Å². The maximum absolute atomic E-state index is 11.4. The minimum absolute atomic E-state index is 0.256. The average molecular weight is 323 g/mol. The van der Waals surface area contributed by atoms with Gasteiger partial charge in [-0.05, 0) is 37.4 Å². The Morgan fingerprint density at radius 2 is 1.38 bits per heavy atom. The molecule has 3 rings (SSSR count). The van der Waals surface area contributed by atoms with Gasteiger partial charge in [0.2, 0.25) is 0 Å². The van der Waals surface area contributed by atoms with Gasteiger partial charge in [-0.2, -0.15) is 0 Å². The molecule has 0 amide bonds. The number of aliphatic hydroxyl groups is 1. The van der Waals surface area contributed by atoms with Gasteiger partial charge in [-0.1, -0.05) is 80.4 Å². The van der Waals surface area contributed by atoms with E-state index in [2.05, 4.69) is 79.5 Å². The Morgan fingerprint density at radius 3 is 1.79 bits per heavy atom. The molecule has 2 nitrogen and oxygen atoms in total. The Balaban J connectivity index is 1.94. The SMILES string of the molecule is CCCCC1(O)C[C@H](c2ccccc2)N(C)[C@H](c2ccccc2)C1. The predicted molar refractivity (Wildman–Crippen MR) is 99.8 cm³/mol. The highest BCUT2D eigenvalue weighted by Crippen LogP contribution is 2.46. The van der Waals surface area contributed by atoms with Crippen molar-refractivity contribution in [1.29, 1.82) is 0 Å². The number of hydrogen-bond acceptors (Lipinski definition) is 2. The van der Waals surface area contributed by atoms with Crippen molar-refractivity contribution in [3.05, 3.63) is 71.8 Å². The maximum Gasteiger partial charge on any atom is 0.0684 e. The first-order chi connectivity index (χ1) is 11.6. The zero-order valence-corrected chi connectivity index (χ0v) is 14.9. The Morgan fingerprint density at radius 1 is 0.917 bits per heavy atom. The molecule has 0 aromatic heterocycles. The first kappa shape index (κ1) is 17.2. The Hall–Kier alpha value is -1.64. The molecule has 0 aliphatic carbocycles. The summed E-state index contributed by atoms with van der Waals surface area (Å²) >= 11 is 0. The fourth-order valence-electron chi connectivity index (χ4n) is 4.07. The third-order valence-corrected chi connectivity index (χ3v) is 5.49. The highest BCUT2D eigenvalue weighted by molar-refractivity contribution is 5.25. The molecular formula is C22H29NO. The Kier molecular flexibility index (Phi) is 5.37. The lowest BCUT2D eigenvalue weighted by Crippen LogP contribution is -2.46. The first-order valence-corrected chi connectivity index (χ1v) is 9.17. The van der Waals surface area contributed by atoms with E-state index in [4.69, 9.17) is 0 Å². The third kappa shape index (κ3) is 3.71. The van der Waals surface area contributed by atoms with Crippen molar-refractivity contribution >= 4 is 0 Å². The van der Waals surface area contributed by atoms with Crippen LogP contribution in [0.4, 0.5) is 0 Å². The number of unbranched alkanes of at least 4 members (excludes halogenated alkanes) is 1. The van der Waals surface area contributed by atoms with Crippen LogP contribution in [0.15, 0.2) is 60.7 Å². The molecule has 2 heteroatoms. The van der Waals surface area contributed by atoms with Crippen molar-refractivity contribution in [2.24, 2.45) is 0 Å². The summed E-state index contributed by atoms with van der Waals surface area (Å²) in [5.74, 6) is 0. The van der Waals surface area contributed by atoms with Gasteiger partial charge < -0.3 is 5.11 Å². The molecule has 1 saturated heterocycles. The van der Waals surface area contributed by atoms with Crippen molar-refractivity contribution < 1.29 is 5.11 Å². The summed E-state index contributed by atoms with van der Waals surface area (Å²) in [7, 11) is 2.20. The molecule has 2 aromatic carbocycles. The van der Waals surface area contributed by atoms with E-state index < -0.39 is 5.60 Å². The summed E-state index contributed by atoms with van der Waals surface area (Å²) in [6, 6.07) is 21.8. The largest absolute Gasteiger partial charge is 0.390 e. The van der Waals surface area contributed by atoms with Gasteiger partial charge in [-0.25, -0.2) is 0 Å². The van der Waals surface area contributed by atoms with Crippen LogP contribution in [0.2, 0.25) is 0 Å². The quantitative estimate of drug-likeness (QED) is 0.826. The lowest BCUT2D eigenvalue weighted by Gasteiger charge is -2.48. The summed E-state index contributed by atoms with van der Waals surface area (Å²) in [4.78, 5) is 2.45. The lowest BCUT2D eigenvalue weighted by molar-refractivity contribution is -0.0747. The third-order valence-electron chi connectivity index (χ3n) is 5.49. The highest BCUT2D eigenvalue weighted by atomic mass is 16.3. The van der Waals surface area contributed by atoms with E-state index in [9.17, 15) is 5.11 Å². The molecule has 0 spiro atoms. The van der Waals surface area contributed by atoms with Crippen molar-refractivity contribution in [3.8, 4) is 0 Å². The van der Waals surface area contributed by atoms with E-state index in [0.717, 1.165) is 32.1 Å². The standard InChI is InChI=1S/C22H29NO/c1-3-4-15-22(24)16-20(18-11-7-5-8-12-18)23(2)21(17-22)19-13-9-6-10-14-19/h5-14,20-21,24H,3-4,15-17H2,1-2H3/t20-,21+,22?. The summed E-state index contributed by atoms with van der Waals surface area (Å²) in [5, 5.41) is 11.4. The molecule has 1 aliphatic rings. The number of piperidine rings is 1. The van der Waals surface area contributed by atoms with Crippen LogP contribution in [-0.2, 0) is 0 Å². The molecule has 1 heterocycles. The van der Waals surface area contributed by atoms with E-state index in [1.54, 1.807) is 0 Å². The molecule has 0 bridgehead atoms. The molecule has 1 aliphatic heterocycles. The van der Waals surface area contributed by atoms with Crippen molar-refractivity contribution in [1.82, 2.24) is 4.90 Å². The fourth-order valence-corrected chi connectivity index (χ4v) is 4.07. The zero-order valence-electron chi connectivity index (χ0n) is 14.9. The van der Waals surface area contributed by atoms with Crippen LogP contribution < -0.4 is 0 Å². The van der Waals surface area contributed by atoms with Gasteiger partial charge in [0.1, 0.15) is 0 Å². The molecule has 3 atom stereocenters. The van der Waals surface area contributed by atoms with Crippen molar-refractivity contribution in [2.45, 2.75) is 56.7 Å². The van der Waals surface area contributed by atoms with E-state index in [0.29, 0.717) is 0 Å². The number of hydrogen-bond donors (Lipinski definition) is 1. The van der Waals surface area contributed by atoms with Crippen LogP contribution in [0, 0.1) is 0 Å². The normalized spacial score (nSPS) is 28.0. The van der Waals surface area contributed by atoms with Crippen LogP contribution >= 0.6 is 0 Å². The molecule has 128 valence electrons. The fraction of sp³-hybridized carbons (Fsp3) is 0.455. The molecule has 1 N–H and O–H groups in total. The molecule has 0 radical (unpaired) electrons. The van der Waals surface area contributed by atoms with Crippen LogP contribution in [0.3, 0.4) is 0 Å². The second-order valence-electron chi connectivity index (χ2n) is 7.25. The Bertz CT molecular complexity index is 575. The van der Waals surface area contributed by atoms with Crippen molar-refractivity contribution in [2.75, 3.05) is 7.05 Å². The second kappa shape index (κ2) is 7.50. The van der Waals surface area contributed by atoms with E-state index >= 15 is 0 Å². The smallest absolute Gasteiger partial charge is 0.0684 e. The highest BCUT2D eigenvalue weighted by Gasteiger charge is 2.42. The summed E-state index contributed by atoms with van der Waals surface area (Å²) < 4.78 is 0. The van der Waals surface area contributed by atoms with Crippen molar-refractivity contribution in [3.63, 3.8) is 0 Å². The number of nitrogens with zero attached hydrogens (tertiary/aromatic N) is 1. The molecule has 1 fully saturated rings. The molecule has 24 heavy (non-hydrogen) atoms. The molecular weight excluding hydrogens is 294 g/mol. The van der Waals surface area contributed by atoms with Gasteiger partial charge in [0.15, 0.2) is 0 Å². The van der Waals surface area contributed by atoms with Crippen LogP contribution in [-0.4, -0.2) is 22.7 Å². The van der Waals surface area contributed by atoms with Crippen LogP contribution in [0.25, 0.3) is 0 Å². The second-order valence-corrected chi connectivity index (χ2v) is 7.25. The van der Waals surface area contributed by atoms with Gasteiger partial charge in [0, 0.05) is 12.1 Å². The van der Waals surface area contributed by atoms with Crippen LogP contribution in [0.5, 0.6) is 0 Å². The average Bonchev–Trinajstić information content (AvgIpc) is 2.63. The number of likely N-dealkylation sites (tertiary alicyclic amines) is 1. The van der Waals surface area contributed by atoms with Gasteiger partial charge >= 0.3 is 0 Å². The lowest BCUT2D eigenvalue weighted by atomic mass is 9.75. The monoisotopic (exact) mass is 323 g/mol. The minimum atomic E-state index is -0.580. The summed E-state index contributed by atoms with van der Waals surface area (Å²) in [6.07, 6.45) is 4.74. The minimum Gasteiger partial charge on any atom is -0.390 e. The van der Waals surface area contributed by atoms with E-state index in [1.807, 2.05) is 0 Å². The Labute approximate surface area is 146 Å². The maximum atomic E-state index is 11.4. The van der Waals surface area contributed by atoms with Gasteiger partial charge in [0.05, 0.1) is 5.60 Å². The zero-order chi connectivity index (χ0) is 17.0. The summed E-state index contributed by atoms with van der Waals surface area (Å²) in [6.45, 7) is 2.20. The molecule has 1 unspecified atom stereocenters. The summed E-state index contributed by atoms with van der Waals surface area (Å²) in [5.41, 5.74) is 2.02. The molecule has 0 saturated carbocycles. The van der Waals surface area contributed by atoms with Crippen LogP contribution in [0.1, 0.15) is 62.2 Å². The first-order valence-electron chi connectivity index (χ1n) is 9.17. The van der Waals surface area contributed by atoms with Gasteiger partial charge in [-0.15, -0.1) is 0 Å². The molecule has 2 aromatic rings. The number of benzene rings is 2. The predicted octanol–water partition coefficient (Wildman–Crippen LogP) is 5.12. The van der Waals surface area contributed by atoms with Gasteiger partial charge in [0.25, 0.3) is 0 Å². The van der Waals surface area contributed by atoms with Gasteiger partial charge in [-0.3, -0.25) is 4.90 Å². The van der Waals surface area contributed by atoms with E-state index in [-0.39, 0.29) is 12.1 Å².